The van der Waals surface area contributed by atoms with Gasteiger partial charge in [-0.15, -0.1) is 0 Å². The maximum Gasteiger partial charge on any atom is 0.325 e. The number of amides is 3. The minimum atomic E-state index is -1.28. The maximum atomic E-state index is 12.8. The number of carbonyl (C=O) groups excluding carboxylic acids is 3. The summed E-state index contributed by atoms with van der Waals surface area (Å²) in [5.74, 6) is -0.381. The molecule has 1 atom stereocenters. The van der Waals surface area contributed by atoms with Gasteiger partial charge in [-0.3, -0.25) is 14.5 Å². The van der Waals surface area contributed by atoms with Crippen LogP contribution in [0.25, 0.3) is 0 Å². The summed E-state index contributed by atoms with van der Waals surface area (Å²) < 4.78 is 5.29. The van der Waals surface area contributed by atoms with Crippen molar-refractivity contribution in [3.8, 4) is 0 Å². The van der Waals surface area contributed by atoms with Gasteiger partial charge < -0.3 is 9.73 Å². The molecule has 2 heterocycles. The number of imide groups is 1. The lowest BCUT2D eigenvalue weighted by molar-refractivity contribution is -0.131. The van der Waals surface area contributed by atoms with Crippen LogP contribution in [0, 0.1) is 0 Å². The number of benzene rings is 1. The maximum absolute atomic E-state index is 12.8. The molecule has 26 heavy (non-hydrogen) atoms. The minimum absolute atomic E-state index is 0.245. The molecule has 1 aromatic heterocycles. The lowest BCUT2D eigenvalue weighted by Crippen LogP contribution is -2.41. The summed E-state index contributed by atoms with van der Waals surface area (Å²) in [5.41, 5.74) is 1.74. The number of rotatable bonds is 4. The van der Waals surface area contributed by atoms with Gasteiger partial charge >= 0.3 is 6.03 Å². The Hall–Kier alpha value is -2.89. The van der Waals surface area contributed by atoms with Crippen LogP contribution in [0.3, 0.4) is 0 Å². The van der Waals surface area contributed by atoms with Gasteiger partial charge in [0.2, 0.25) is 0 Å². The van der Waals surface area contributed by atoms with E-state index in [0.717, 1.165) is 24.2 Å². The third-order valence-electron chi connectivity index (χ3n) is 5.26. The Morgan fingerprint density at radius 1 is 1.19 bits per heavy atom. The number of ketones is 1. The van der Waals surface area contributed by atoms with E-state index < -0.39 is 17.5 Å². The van der Waals surface area contributed by atoms with Crippen molar-refractivity contribution >= 4 is 17.7 Å². The second-order valence-corrected chi connectivity index (χ2v) is 7.04. The minimum Gasteiger partial charge on any atom is -0.466 e. The summed E-state index contributed by atoms with van der Waals surface area (Å²) >= 11 is 0. The van der Waals surface area contributed by atoms with Crippen molar-refractivity contribution in [2.24, 2.45) is 0 Å². The molecule has 6 heteroatoms. The van der Waals surface area contributed by atoms with Gasteiger partial charge in [0.1, 0.15) is 5.76 Å². The number of aryl methyl sites for hydroxylation is 2. The number of urea groups is 1. The topological polar surface area (TPSA) is 79.6 Å². The van der Waals surface area contributed by atoms with Crippen LogP contribution in [0.2, 0.25) is 0 Å². The number of carbonyl (C=O) groups is 3. The van der Waals surface area contributed by atoms with E-state index in [1.807, 2.05) is 12.1 Å². The SMILES string of the molecule is CC1(c2ccco2)NC(=O)N(CC(=O)c2ccc3c(c2)CCCC3)C1=O. The third kappa shape index (κ3) is 2.62. The monoisotopic (exact) mass is 352 g/mol. The summed E-state index contributed by atoms with van der Waals surface area (Å²) in [7, 11) is 0. The highest BCUT2D eigenvalue weighted by atomic mass is 16.3. The Balaban J connectivity index is 1.54. The predicted octanol–water partition coefficient (Wildman–Crippen LogP) is 2.81. The second-order valence-electron chi connectivity index (χ2n) is 7.04. The first kappa shape index (κ1) is 16.6. The highest BCUT2D eigenvalue weighted by Gasteiger charge is 2.51. The van der Waals surface area contributed by atoms with Crippen LogP contribution < -0.4 is 5.32 Å². The van der Waals surface area contributed by atoms with Crippen LogP contribution in [0.15, 0.2) is 41.0 Å². The van der Waals surface area contributed by atoms with Gasteiger partial charge in [0.05, 0.1) is 12.8 Å². The molecule has 1 aliphatic heterocycles. The van der Waals surface area contributed by atoms with Crippen molar-refractivity contribution in [1.29, 1.82) is 0 Å². The molecular formula is C20H20N2O4. The van der Waals surface area contributed by atoms with Gasteiger partial charge in [0.25, 0.3) is 5.91 Å². The number of fused-ring (bicyclic) bond motifs is 1. The standard InChI is InChI=1S/C20H20N2O4/c1-20(17-7-4-10-26-17)18(24)22(19(25)21-20)12-16(23)15-9-8-13-5-2-3-6-14(13)11-15/h4,7-11H,2-3,5-6,12H2,1H3,(H,21,25). The van der Waals surface area contributed by atoms with E-state index in [9.17, 15) is 14.4 Å². The van der Waals surface area contributed by atoms with Gasteiger partial charge in [-0.05, 0) is 61.9 Å². The van der Waals surface area contributed by atoms with Crippen molar-refractivity contribution in [1.82, 2.24) is 10.2 Å². The molecule has 0 radical (unpaired) electrons. The third-order valence-corrected chi connectivity index (χ3v) is 5.26. The number of nitrogens with one attached hydrogen (secondary N) is 1. The number of nitrogens with zero attached hydrogens (tertiary/aromatic N) is 1. The first-order valence-corrected chi connectivity index (χ1v) is 8.82. The predicted molar refractivity (Wildman–Crippen MR) is 93.7 cm³/mol. The molecule has 1 unspecified atom stereocenters. The molecule has 0 bridgehead atoms. The Morgan fingerprint density at radius 2 is 1.96 bits per heavy atom. The fourth-order valence-corrected chi connectivity index (χ4v) is 3.71. The largest absolute Gasteiger partial charge is 0.466 e. The zero-order valence-corrected chi connectivity index (χ0v) is 14.6. The molecule has 6 nitrogen and oxygen atoms in total. The Morgan fingerprint density at radius 3 is 2.69 bits per heavy atom. The zero-order valence-electron chi connectivity index (χ0n) is 14.6. The average Bonchev–Trinajstić information content (AvgIpc) is 3.26. The lowest BCUT2D eigenvalue weighted by atomic mass is 9.89. The van der Waals surface area contributed by atoms with Crippen molar-refractivity contribution < 1.29 is 18.8 Å². The number of hydrogen-bond donors (Lipinski definition) is 1. The van der Waals surface area contributed by atoms with E-state index in [1.165, 1.54) is 23.8 Å². The van der Waals surface area contributed by atoms with Crippen molar-refractivity contribution in [2.45, 2.75) is 38.1 Å². The van der Waals surface area contributed by atoms with Gasteiger partial charge in [-0.1, -0.05) is 12.1 Å². The van der Waals surface area contributed by atoms with Gasteiger partial charge in [0.15, 0.2) is 11.3 Å². The molecule has 0 saturated carbocycles. The number of furan rings is 1. The molecule has 1 aromatic carbocycles. The summed E-state index contributed by atoms with van der Waals surface area (Å²) in [6.45, 7) is 1.30. The molecule has 4 rings (SSSR count). The molecule has 1 N–H and O–H groups in total. The van der Waals surface area contributed by atoms with Crippen LogP contribution in [-0.4, -0.2) is 29.2 Å². The van der Waals surface area contributed by atoms with Crippen molar-refractivity contribution in [2.75, 3.05) is 6.54 Å². The first-order valence-electron chi connectivity index (χ1n) is 8.82. The van der Waals surface area contributed by atoms with E-state index >= 15 is 0 Å². The average molecular weight is 352 g/mol. The highest BCUT2D eigenvalue weighted by Crippen LogP contribution is 2.29. The zero-order chi connectivity index (χ0) is 18.3. The molecule has 0 spiro atoms. The summed E-state index contributed by atoms with van der Waals surface area (Å²) in [5, 5.41) is 2.63. The molecule has 2 aliphatic rings. The van der Waals surface area contributed by atoms with E-state index in [4.69, 9.17) is 4.42 Å². The number of hydrogen-bond acceptors (Lipinski definition) is 4. The summed E-state index contributed by atoms with van der Waals surface area (Å²) in [4.78, 5) is 38.7. The van der Waals surface area contributed by atoms with Crippen LogP contribution in [0.1, 0.15) is 47.0 Å². The fraction of sp³-hybridized carbons (Fsp3) is 0.350. The second kappa shape index (κ2) is 6.12. The molecule has 3 amide bonds. The molecule has 2 aromatic rings. The van der Waals surface area contributed by atoms with Crippen LogP contribution in [-0.2, 0) is 23.2 Å². The molecule has 1 aliphatic carbocycles. The Bertz CT molecular complexity index is 887. The van der Waals surface area contributed by atoms with E-state index in [-0.39, 0.29) is 12.3 Å². The first-order chi connectivity index (χ1) is 12.5. The van der Waals surface area contributed by atoms with Gasteiger partial charge in [-0.2, -0.15) is 0 Å². The van der Waals surface area contributed by atoms with Crippen LogP contribution in [0.5, 0.6) is 0 Å². The van der Waals surface area contributed by atoms with Gasteiger partial charge in [-0.25, -0.2) is 4.79 Å². The van der Waals surface area contributed by atoms with E-state index in [0.29, 0.717) is 11.3 Å². The Labute approximate surface area is 151 Å². The normalized spacial score (nSPS) is 22.3. The molecule has 1 fully saturated rings. The molecule has 134 valence electrons. The quantitative estimate of drug-likeness (QED) is 0.678. The lowest BCUT2D eigenvalue weighted by Gasteiger charge is -2.19. The smallest absolute Gasteiger partial charge is 0.325 e. The highest BCUT2D eigenvalue weighted by molar-refractivity contribution is 6.11. The van der Waals surface area contributed by atoms with Crippen LogP contribution in [0.4, 0.5) is 4.79 Å². The van der Waals surface area contributed by atoms with Gasteiger partial charge in [0, 0.05) is 5.56 Å². The van der Waals surface area contributed by atoms with Crippen LogP contribution >= 0.6 is 0 Å². The van der Waals surface area contributed by atoms with E-state index in [1.54, 1.807) is 25.1 Å². The fourth-order valence-electron chi connectivity index (χ4n) is 3.71. The molecule has 1 saturated heterocycles. The van der Waals surface area contributed by atoms with E-state index in [2.05, 4.69) is 5.32 Å². The number of Topliss-reactive ketones (excluding diaryl/α,β-unsaturated/α-hetero) is 1. The van der Waals surface area contributed by atoms with Crippen molar-refractivity contribution in [3.63, 3.8) is 0 Å². The summed E-state index contributed by atoms with van der Waals surface area (Å²) in [6, 6.07) is 8.38. The van der Waals surface area contributed by atoms with Crippen molar-refractivity contribution in [3.05, 3.63) is 59.0 Å². The summed E-state index contributed by atoms with van der Waals surface area (Å²) in [6.07, 6.45) is 5.75. The Kier molecular flexibility index (Phi) is 3.90. The molecular weight excluding hydrogens is 332 g/mol.